The van der Waals surface area contributed by atoms with Gasteiger partial charge in [0.25, 0.3) is 0 Å². The summed E-state index contributed by atoms with van der Waals surface area (Å²) in [5.41, 5.74) is 1.40. The van der Waals surface area contributed by atoms with Crippen molar-refractivity contribution in [3.8, 4) is 0 Å². The van der Waals surface area contributed by atoms with E-state index in [1.807, 2.05) is 6.92 Å². The molecule has 0 aliphatic heterocycles. The number of ether oxygens (including phenoxy) is 1. The maximum Gasteiger partial charge on any atom is 0.316 e. The molecule has 0 bridgehead atoms. The highest BCUT2D eigenvalue weighted by atomic mass is 16.5. The lowest BCUT2D eigenvalue weighted by Gasteiger charge is -2.10. The van der Waals surface area contributed by atoms with Crippen LogP contribution in [0.3, 0.4) is 0 Å². The Kier molecular flexibility index (Phi) is 4.17. The van der Waals surface area contributed by atoms with Crippen LogP contribution in [0.25, 0.3) is 0 Å². The van der Waals surface area contributed by atoms with E-state index in [1.54, 1.807) is 25.4 Å². The van der Waals surface area contributed by atoms with Crippen molar-refractivity contribution < 1.29 is 14.3 Å². The zero-order valence-electron chi connectivity index (χ0n) is 9.69. The minimum atomic E-state index is -0.766. The van der Waals surface area contributed by atoms with Gasteiger partial charge in [0.2, 0.25) is 0 Å². The topological polar surface area (TPSA) is 56.3 Å². The van der Waals surface area contributed by atoms with Crippen LogP contribution < -0.4 is 0 Å². The molecule has 1 aromatic heterocycles. The number of methoxy groups -OCH3 is 1. The van der Waals surface area contributed by atoms with Gasteiger partial charge in [-0.15, -0.1) is 0 Å². The molecule has 1 aromatic rings. The van der Waals surface area contributed by atoms with E-state index in [2.05, 4.69) is 9.72 Å². The van der Waals surface area contributed by atoms with E-state index >= 15 is 0 Å². The molecule has 4 nitrogen and oxygen atoms in total. The SMILES string of the molecule is CCc1cnccc1C(=O)C(C)C(=O)OC. The van der Waals surface area contributed by atoms with Gasteiger partial charge >= 0.3 is 5.97 Å². The molecule has 0 saturated heterocycles. The maximum absolute atomic E-state index is 12.0. The first-order valence-electron chi connectivity index (χ1n) is 5.16. The van der Waals surface area contributed by atoms with Crippen LogP contribution in [-0.4, -0.2) is 23.8 Å². The van der Waals surface area contributed by atoms with Crippen LogP contribution in [0, 0.1) is 5.92 Å². The average molecular weight is 221 g/mol. The van der Waals surface area contributed by atoms with Gasteiger partial charge in [0.05, 0.1) is 7.11 Å². The molecular formula is C12H15NO3. The molecule has 0 aliphatic rings. The number of nitrogens with zero attached hydrogens (tertiary/aromatic N) is 1. The van der Waals surface area contributed by atoms with Crippen LogP contribution in [0.5, 0.6) is 0 Å². The number of hydrogen-bond donors (Lipinski definition) is 0. The van der Waals surface area contributed by atoms with Crippen molar-refractivity contribution >= 4 is 11.8 Å². The molecule has 1 atom stereocenters. The van der Waals surface area contributed by atoms with Gasteiger partial charge in [0.1, 0.15) is 5.92 Å². The van der Waals surface area contributed by atoms with Gasteiger partial charge in [0.15, 0.2) is 5.78 Å². The highest BCUT2D eigenvalue weighted by Crippen LogP contribution is 2.14. The van der Waals surface area contributed by atoms with E-state index in [0.29, 0.717) is 12.0 Å². The second kappa shape index (κ2) is 5.39. The molecule has 0 spiro atoms. The van der Waals surface area contributed by atoms with Crippen molar-refractivity contribution in [2.75, 3.05) is 7.11 Å². The van der Waals surface area contributed by atoms with Crippen molar-refractivity contribution in [3.05, 3.63) is 29.6 Å². The number of aryl methyl sites for hydroxylation is 1. The monoisotopic (exact) mass is 221 g/mol. The van der Waals surface area contributed by atoms with Gasteiger partial charge < -0.3 is 4.74 Å². The van der Waals surface area contributed by atoms with Crippen molar-refractivity contribution in [2.45, 2.75) is 20.3 Å². The number of hydrogen-bond acceptors (Lipinski definition) is 4. The highest BCUT2D eigenvalue weighted by Gasteiger charge is 2.24. The molecule has 86 valence electrons. The standard InChI is InChI=1S/C12H15NO3/c1-4-9-7-13-6-5-10(9)11(14)8(2)12(15)16-3/h5-8H,4H2,1-3H3. The van der Waals surface area contributed by atoms with E-state index in [0.717, 1.165) is 5.56 Å². The summed E-state index contributed by atoms with van der Waals surface area (Å²) >= 11 is 0. The van der Waals surface area contributed by atoms with Gasteiger partial charge in [-0.05, 0) is 25.0 Å². The molecule has 0 amide bonds. The Hall–Kier alpha value is -1.71. The first-order chi connectivity index (χ1) is 7.61. The maximum atomic E-state index is 12.0. The lowest BCUT2D eigenvalue weighted by molar-refractivity contribution is -0.143. The smallest absolute Gasteiger partial charge is 0.316 e. The average Bonchev–Trinajstić information content (AvgIpc) is 2.35. The number of pyridine rings is 1. The number of aromatic nitrogens is 1. The Morgan fingerprint density at radius 2 is 2.19 bits per heavy atom. The predicted molar refractivity (Wildman–Crippen MR) is 59.1 cm³/mol. The Labute approximate surface area is 94.6 Å². The van der Waals surface area contributed by atoms with Crippen LogP contribution in [0.4, 0.5) is 0 Å². The summed E-state index contributed by atoms with van der Waals surface area (Å²) in [6, 6.07) is 1.64. The fraction of sp³-hybridized carbons (Fsp3) is 0.417. The summed E-state index contributed by atoms with van der Waals surface area (Å²) in [7, 11) is 1.28. The Morgan fingerprint density at radius 1 is 1.50 bits per heavy atom. The van der Waals surface area contributed by atoms with Crippen LogP contribution >= 0.6 is 0 Å². The largest absolute Gasteiger partial charge is 0.468 e. The van der Waals surface area contributed by atoms with Gasteiger partial charge in [0, 0.05) is 18.0 Å². The highest BCUT2D eigenvalue weighted by molar-refractivity contribution is 6.09. The number of carbonyl (C=O) groups is 2. The quantitative estimate of drug-likeness (QED) is 0.440. The molecule has 0 radical (unpaired) electrons. The molecule has 1 unspecified atom stereocenters. The molecular weight excluding hydrogens is 206 g/mol. The van der Waals surface area contributed by atoms with Crippen LogP contribution in [0.15, 0.2) is 18.5 Å². The second-order valence-corrected chi connectivity index (χ2v) is 3.50. The van der Waals surface area contributed by atoms with E-state index < -0.39 is 11.9 Å². The zero-order chi connectivity index (χ0) is 12.1. The van der Waals surface area contributed by atoms with Crippen molar-refractivity contribution in [2.24, 2.45) is 5.92 Å². The van der Waals surface area contributed by atoms with E-state index in [4.69, 9.17) is 0 Å². The minimum Gasteiger partial charge on any atom is -0.468 e. The van der Waals surface area contributed by atoms with Gasteiger partial charge in [-0.25, -0.2) is 0 Å². The van der Waals surface area contributed by atoms with Gasteiger partial charge in [-0.1, -0.05) is 6.92 Å². The molecule has 4 heteroatoms. The predicted octanol–water partition coefficient (Wildman–Crippen LogP) is 1.64. The Bertz CT molecular complexity index is 401. The second-order valence-electron chi connectivity index (χ2n) is 3.50. The first kappa shape index (κ1) is 12.4. The normalized spacial score (nSPS) is 11.9. The van der Waals surface area contributed by atoms with Crippen LogP contribution in [-0.2, 0) is 16.0 Å². The molecule has 0 N–H and O–H groups in total. The third-order valence-corrected chi connectivity index (χ3v) is 2.50. The van der Waals surface area contributed by atoms with Crippen molar-refractivity contribution in [3.63, 3.8) is 0 Å². The molecule has 0 aliphatic carbocycles. The number of esters is 1. The Balaban J connectivity index is 3.00. The fourth-order valence-electron chi connectivity index (χ4n) is 1.47. The third-order valence-electron chi connectivity index (χ3n) is 2.50. The Morgan fingerprint density at radius 3 is 2.75 bits per heavy atom. The summed E-state index contributed by atoms with van der Waals surface area (Å²) in [6.45, 7) is 3.49. The van der Waals surface area contributed by atoms with Gasteiger partial charge in [-0.2, -0.15) is 0 Å². The lowest BCUT2D eigenvalue weighted by Crippen LogP contribution is -2.23. The summed E-state index contributed by atoms with van der Waals surface area (Å²) in [6.07, 6.45) is 3.91. The number of carbonyl (C=O) groups excluding carboxylic acids is 2. The van der Waals surface area contributed by atoms with Crippen LogP contribution in [0.1, 0.15) is 29.8 Å². The van der Waals surface area contributed by atoms with E-state index in [9.17, 15) is 9.59 Å². The number of Topliss-reactive ketones (excluding diaryl/α,β-unsaturated/α-hetero) is 1. The molecule has 0 aromatic carbocycles. The first-order valence-corrected chi connectivity index (χ1v) is 5.16. The molecule has 1 heterocycles. The molecule has 16 heavy (non-hydrogen) atoms. The lowest BCUT2D eigenvalue weighted by atomic mass is 9.96. The summed E-state index contributed by atoms with van der Waals surface area (Å²) in [5, 5.41) is 0. The number of rotatable bonds is 4. The minimum absolute atomic E-state index is 0.217. The van der Waals surface area contributed by atoms with E-state index in [-0.39, 0.29) is 5.78 Å². The summed E-state index contributed by atoms with van der Waals surface area (Å²) < 4.78 is 4.55. The van der Waals surface area contributed by atoms with Crippen molar-refractivity contribution in [1.82, 2.24) is 4.98 Å². The summed E-state index contributed by atoms with van der Waals surface area (Å²) in [5.74, 6) is -1.49. The van der Waals surface area contributed by atoms with Crippen LogP contribution in [0.2, 0.25) is 0 Å². The summed E-state index contributed by atoms with van der Waals surface area (Å²) in [4.78, 5) is 27.2. The molecule has 1 rings (SSSR count). The molecule has 0 saturated carbocycles. The number of ketones is 1. The molecule has 0 fully saturated rings. The zero-order valence-corrected chi connectivity index (χ0v) is 9.69. The third kappa shape index (κ3) is 2.45. The van der Waals surface area contributed by atoms with E-state index in [1.165, 1.54) is 7.11 Å². The fourth-order valence-corrected chi connectivity index (χ4v) is 1.47. The van der Waals surface area contributed by atoms with Gasteiger partial charge in [-0.3, -0.25) is 14.6 Å². The van der Waals surface area contributed by atoms with Crippen molar-refractivity contribution in [1.29, 1.82) is 0 Å².